The molecule has 0 aliphatic rings. The summed E-state index contributed by atoms with van der Waals surface area (Å²) in [5.74, 6) is -0.651. The van der Waals surface area contributed by atoms with E-state index in [1.165, 1.54) is 12.1 Å². The van der Waals surface area contributed by atoms with Crippen molar-refractivity contribution in [2.45, 2.75) is 6.42 Å². The van der Waals surface area contributed by atoms with Gasteiger partial charge in [0.15, 0.2) is 0 Å². The zero-order valence-electron chi connectivity index (χ0n) is 8.68. The molecule has 7 heteroatoms. The molecule has 88 valence electrons. The number of benzene rings is 1. The van der Waals surface area contributed by atoms with Crippen molar-refractivity contribution >= 4 is 27.5 Å². The van der Waals surface area contributed by atoms with Gasteiger partial charge < -0.3 is 11.1 Å². The average molecular weight is 252 g/mol. The lowest BCUT2D eigenvalue weighted by molar-refractivity contribution is -0.115. The Morgan fingerprint density at radius 2 is 2.29 bits per heavy atom. The molecule has 3 N–H and O–H groups in total. The van der Waals surface area contributed by atoms with E-state index in [1.807, 2.05) is 0 Å². The van der Waals surface area contributed by atoms with E-state index in [0.717, 1.165) is 11.3 Å². The van der Waals surface area contributed by atoms with Crippen LogP contribution in [0.1, 0.15) is 5.56 Å². The van der Waals surface area contributed by atoms with Crippen LogP contribution in [-0.4, -0.2) is 16.1 Å². The molecule has 0 saturated carbocycles. The summed E-state index contributed by atoms with van der Waals surface area (Å²) in [4.78, 5) is 11.6. The molecule has 0 fully saturated rings. The van der Waals surface area contributed by atoms with Crippen LogP contribution < -0.4 is 11.1 Å². The van der Waals surface area contributed by atoms with Gasteiger partial charge in [-0.2, -0.15) is 0 Å². The predicted molar refractivity (Wildman–Crippen MR) is 63.1 cm³/mol. The smallest absolute Gasteiger partial charge is 0.230 e. The van der Waals surface area contributed by atoms with Gasteiger partial charge in [0.05, 0.1) is 6.42 Å². The van der Waals surface area contributed by atoms with Crippen molar-refractivity contribution in [3.05, 3.63) is 35.6 Å². The van der Waals surface area contributed by atoms with Gasteiger partial charge >= 0.3 is 0 Å². The highest BCUT2D eigenvalue weighted by Crippen LogP contribution is 2.16. The lowest BCUT2D eigenvalue weighted by Crippen LogP contribution is -2.14. The lowest BCUT2D eigenvalue weighted by atomic mass is 10.1. The van der Waals surface area contributed by atoms with E-state index in [1.54, 1.807) is 12.1 Å². The molecule has 0 atom stereocenters. The summed E-state index contributed by atoms with van der Waals surface area (Å²) in [5.41, 5.74) is 5.97. The number of nitrogens with zero attached hydrogens (tertiary/aromatic N) is 2. The van der Waals surface area contributed by atoms with Crippen molar-refractivity contribution in [3.63, 3.8) is 0 Å². The van der Waals surface area contributed by atoms with Crippen LogP contribution in [0.5, 0.6) is 0 Å². The monoisotopic (exact) mass is 252 g/mol. The van der Waals surface area contributed by atoms with E-state index in [-0.39, 0.29) is 23.3 Å². The standard InChI is InChI=1S/C10H9FN4OS/c11-7-3-1-2-6(4-7)5-8(16)13-10-15-14-9(12)17-10/h1-4H,5H2,(H2,12,14)(H,13,15,16). The molecule has 0 bridgehead atoms. The predicted octanol–water partition coefficient (Wildman–Crippen LogP) is 1.44. The Labute approximate surface area is 100 Å². The van der Waals surface area contributed by atoms with Crippen LogP contribution >= 0.6 is 11.3 Å². The first kappa shape index (κ1) is 11.5. The number of hydrogen-bond acceptors (Lipinski definition) is 5. The Kier molecular flexibility index (Phi) is 3.29. The number of anilines is 2. The molecular weight excluding hydrogens is 243 g/mol. The molecule has 2 aromatic rings. The summed E-state index contributed by atoms with van der Waals surface area (Å²) in [6.07, 6.45) is 0.0806. The number of nitrogens with one attached hydrogen (secondary N) is 1. The van der Waals surface area contributed by atoms with Crippen LogP contribution in [0.15, 0.2) is 24.3 Å². The number of hydrogen-bond donors (Lipinski definition) is 2. The van der Waals surface area contributed by atoms with Crippen molar-refractivity contribution < 1.29 is 9.18 Å². The van der Waals surface area contributed by atoms with E-state index in [4.69, 9.17) is 5.73 Å². The highest BCUT2D eigenvalue weighted by molar-refractivity contribution is 7.18. The minimum absolute atomic E-state index is 0.0806. The van der Waals surface area contributed by atoms with E-state index in [0.29, 0.717) is 10.7 Å². The molecule has 1 aromatic heterocycles. The molecule has 0 saturated heterocycles. The second-order valence-corrected chi connectivity index (χ2v) is 4.31. The van der Waals surface area contributed by atoms with Crippen molar-refractivity contribution in [3.8, 4) is 0 Å². The summed E-state index contributed by atoms with van der Waals surface area (Å²) in [5, 5.41) is 10.4. The van der Waals surface area contributed by atoms with Gasteiger partial charge in [-0.3, -0.25) is 4.79 Å². The summed E-state index contributed by atoms with van der Waals surface area (Å²) in [6, 6.07) is 5.87. The Bertz CT molecular complexity index is 543. The summed E-state index contributed by atoms with van der Waals surface area (Å²) < 4.78 is 12.9. The first-order valence-electron chi connectivity index (χ1n) is 4.77. The molecule has 0 aliphatic heterocycles. The molecule has 0 unspecified atom stereocenters. The molecule has 1 heterocycles. The first-order valence-corrected chi connectivity index (χ1v) is 5.58. The third-order valence-electron chi connectivity index (χ3n) is 1.94. The van der Waals surface area contributed by atoms with Gasteiger partial charge in [-0.15, -0.1) is 10.2 Å². The number of halogens is 1. The number of aromatic nitrogens is 2. The molecular formula is C10H9FN4OS. The van der Waals surface area contributed by atoms with Gasteiger partial charge in [0.1, 0.15) is 5.82 Å². The first-order chi connectivity index (χ1) is 8.13. The number of rotatable bonds is 3. The second-order valence-electron chi connectivity index (χ2n) is 3.30. The SMILES string of the molecule is Nc1nnc(NC(=O)Cc2cccc(F)c2)s1. The molecule has 1 amide bonds. The van der Waals surface area contributed by atoms with Crippen LogP contribution in [0.25, 0.3) is 0 Å². The fourth-order valence-electron chi connectivity index (χ4n) is 1.28. The highest BCUT2D eigenvalue weighted by Gasteiger charge is 2.07. The van der Waals surface area contributed by atoms with E-state index in [2.05, 4.69) is 15.5 Å². The maximum absolute atomic E-state index is 12.9. The zero-order valence-corrected chi connectivity index (χ0v) is 9.50. The number of carbonyl (C=O) groups excluding carboxylic acids is 1. The highest BCUT2D eigenvalue weighted by atomic mass is 32.1. The van der Waals surface area contributed by atoms with Crippen molar-refractivity contribution in [1.82, 2.24) is 10.2 Å². The normalized spacial score (nSPS) is 10.2. The average Bonchev–Trinajstić information content (AvgIpc) is 2.63. The van der Waals surface area contributed by atoms with Crippen LogP contribution in [0.2, 0.25) is 0 Å². The zero-order chi connectivity index (χ0) is 12.3. The fraction of sp³-hybridized carbons (Fsp3) is 0.100. The molecule has 0 radical (unpaired) electrons. The van der Waals surface area contributed by atoms with Crippen LogP contribution in [0.4, 0.5) is 14.7 Å². The summed E-state index contributed by atoms with van der Waals surface area (Å²) in [7, 11) is 0. The van der Waals surface area contributed by atoms with E-state index >= 15 is 0 Å². The van der Waals surface area contributed by atoms with Gasteiger partial charge in [0.25, 0.3) is 0 Å². The van der Waals surface area contributed by atoms with Gasteiger partial charge in [-0.05, 0) is 17.7 Å². The molecule has 0 aliphatic carbocycles. The summed E-state index contributed by atoms with van der Waals surface area (Å²) >= 11 is 1.08. The Balaban J connectivity index is 1.98. The molecule has 0 spiro atoms. The topological polar surface area (TPSA) is 80.9 Å². The van der Waals surface area contributed by atoms with Gasteiger partial charge in [-0.1, -0.05) is 23.5 Å². The number of nitrogens with two attached hydrogens (primary N) is 1. The molecule has 2 rings (SSSR count). The Morgan fingerprint density at radius 1 is 1.47 bits per heavy atom. The van der Waals surface area contributed by atoms with Crippen LogP contribution in [-0.2, 0) is 11.2 Å². The molecule has 1 aromatic carbocycles. The van der Waals surface area contributed by atoms with Gasteiger partial charge in [0.2, 0.25) is 16.2 Å². The minimum atomic E-state index is -0.365. The van der Waals surface area contributed by atoms with Crippen LogP contribution in [0.3, 0.4) is 0 Å². The fourth-order valence-corrected chi connectivity index (χ4v) is 1.81. The van der Waals surface area contributed by atoms with E-state index in [9.17, 15) is 9.18 Å². The Morgan fingerprint density at radius 3 is 2.94 bits per heavy atom. The molecule has 5 nitrogen and oxygen atoms in total. The maximum atomic E-state index is 12.9. The summed E-state index contributed by atoms with van der Waals surface area (Å²) in [6.45, 7) is 0. The third kappa shape index (κ3) is 3.22. The van der Waals surface area contributed by atoms with Crippen molar-refractivity contribution in [2.75, 3.05) is 11.1 Å². The second kappa shape index (κ2) is 4.88. The van der Waals surface area contributed by atoms with E-state index < -0.39 is 0 Å². The van der Waals surface area contributed by atoms with Crippen molar-refractivity contribution in [2.24, 2.45) is 0 Å². The van der Waals surface area contributed by atoms with Crippen molar-refractivity contribution in [1.29, 1.82) is 0 Å². The quantitative estimate of drug-likeness (QED) is 0.866. The molecule has 17 heavy (non-hydrogen) atoms. The van der Waals surface area contributed by atoms with Crippen LogP contribution in [0, 0.1) is 5.82 Å². The third-order valence-corrected chi connectivity index (χ3v) is 2.61. The minimum Gasteiger partial charge on any atom is -0.374 e. The maximum Gasteiger partial charge on any atom is 0.230 e. The van der Waals surface area contributed by atoms with Gasteiger partial charge in [0, 0.05) is 0 Å². The van der Waals surface area contributed by atoms with Gasteiger partial charge in [-0.25, -0.2) is 4.39 Å². The Hall–Kier alpha value is -2.02. The number of carbonyl (C=O) groups is 1. The number of nitrogen functional groups attached to an aromatic ring is 1. The lowest BCUT2D eigenvalue weighted by Gasteiger charge is -2.01. The number of amides is 1. The largest absolute Gasteiger partial charge is 0.374 e.